The smallest absolute Gasteiger partial charge is 0.164 e. The van der Waals surface area contributed by atoms with Crippen LogP contribution < -0.4 is 0 Å². The molecule has 0 aliphatic carbocycles. The Bertz CT molecular complexity index is 3160. The number of fused-ring (bicyclic) bond motifs is 6. The highest BCUT2D eigenvalue weighted by Crippen LogP contribution is 2.46. The van der Waals surface area contributed by atoms with Gasteiger partial charge in [0, 0.05) is 55.2 Å². The van der Waals surface area contributed by atoms with Crippen LogP contribution in [-0.4, -0.2) is 24.1 Å². The maximum absolute atomic E-state index is 5.09. The normalized spacial score (nSPS) is 11.6. The standard InChI is InChI=1S/C51H33N5/c1-5-18-34(19-6-1)46-47-42(40-28-13-15-30-44(40)55(47)38-25-11-4-12-26-38)33-43-41-29-14-16-31-45(41)56(48(43)46)39-27-17-24-37(32-39)51-53-49(35-20-7-2-8-21-35)52-50(54-51)36-22-9-3-10-23-36/h1-33H. The van der Waals surface area contributed by atoms with Crippen LogP contribution in [0.3, 0.4) is 0 Å². The summed E-state index contributed by atoms with van der Waals surface area (Å²) in [5.74, 6) is 1.90. The van der Waals surface area contributed by atoms with Crippen molar-refractivity contribution in [2.75, 3.05) is 0 Å². The van der Waals surface area contributed by atoms with Gasteiger partial charge in [-0.05, 0) is 48.0 Å². The third-order valence-corrected chi connectivity index (χ3v) is 10.7. The average Bonchev–Trinajstić information content (AvgIpc) is 3.79. The predicted octanol–water partition coefficient (Wildman–Crippen LogP) is 12.7. The molecule has 0 unspecified atom stereocenters. The van der Waals surface area contributed by atoms with E-state index in [9.17, 15) is 0 Å². The van der Waals surface area contributed by atoms with Crippen molar-refractivity contribution in [3.8, 4) is 56.7 Å². The summed E-state index contributed by atoms with van der Waals surface area (Å²) in [6.07, 6.45) is 0. The van der Waals surface area contributed by atoms with E-state index in [0.717, 1.165) is 44.7 Å². The second-order valence-corrected chi connectivity index (χ2v) is 14.0. The lowest BCUT2D eigenvalue weighted by Crippen LogP contribution is -2.02. The van der Waals surface area contributed by atoms with E-state index in [0.29, 0.717) is 17.5 Å². The molecule has 8 aromatic carbocycles. The Labute approximate surface area is 323 Å². The summed E-state index contributed by atoms with van der Waals surface area (Å²) in [7, 11) is 0. The fraction of sp³-hybridized carbons (Fsp3) is 0. The molecule has 0 fully saturated rings. The quantitative estimate of drug-likeness (QED) is 0.172. The van der Waals surface area contributed by atoms with Gasteiger partial charge in [-0.1, -0.05) is 158 Å². The van der Waals surface area contributed by atoms with Crippen LogP contribution in [0.15, 0.2) is 200 Å². The molecule has 11 aromatic rings. The largest absolute Gasteiger partial charge is 0.309 e. The topological polar surface area (TPSA) is 48.5 Å². The minimum Gasteiger partial charge on any atom is -0.309 e. The van der Waals surface area contributed by atoms with Gasteiger partial charge < -0.3 is 9.13 Å². The highest BCUT2D eigenvalue weighted by Gasteiger charge is 2.24. The number of rotatable bonds is 6. The lowest BCUT2D eigenvalue weighted by atomic mass is 9.97. The molecule has 3 aromatic heterocycles. The molecule has 5 heteroatoms. The molecular formula is C51H33N5. The number of para-hydroxylation sites is 3. The van der Waals surface area contributed by atoms with Gasteiger partial charge in [-0.2, -0.15) is 0 Å². The predicted molar refractivity (Wildman–Crippen MR) is 230 cm³/mol. The van der Waals surface area contributed by atoms with Gasteiger partial charge in [-0.25, -0.2) is 15.0 Å². The number of aromatic nitrogens is 5. The fourth-order valence-electron chi connectivity index (χ4n) is 8.28. The molecule has 0 atom stereocenters. The van der Waals surface area contributed by atoms with E-state index in [1.165, 1.54) is 38.1 Å². The van der Waals surface area contributed by atoms with Crippen molar-refractivity contribution in [1.82, 2.24) is 24.1 Å². The molecule has 0 N–H and O–H groups in total. The highest BCUT2D eigenvalue weighted by atomic mass is 15.0. The highest BCUT2D eigenvalue weighted by molar-refractivity contribution is 6.25. The van der Waals surface area contributed by atoms with Crippen LogP contribution in [0.25, 0.3) is 100 Å². The molecule has 0 radical (unpaired) electrons. The SMILES string of the molecule is c1ccc(-c2nc(-c3ccccc3)nc(-c3cccc(-n4c5ccccc5c5cc6c7ccccc7n(-c7ccccc7)c6c(-c6ccccc6)c54)c3)n2)cc1. The maximum Gasteiger partial charge on any atom is 0.164 e. The maximum atomic E-state index is 5.09. The molecule has 262 valence electrons. The van der Waals surface area contributed by atoms with Gasteiger partial charge in [0.05, 0.1) is 22.1 Å². The summed E-state index contributed by atoms with van der Waals surface area (Å²) >= 11 is 0. The summed E-state index contributed by atoms with van der Waals surface area (Å²) in [4.78, 5) is 15.1. The summed E-state index contributed by atoms with van der Waals surface area (Å²) in [6.45, 7) is 0. The van der Waals surface area contributed by atoms with Crippen LogP contribution in [-0.2, 0) is 0 Å². The van der Waals surface area contributed by atoms with Crippen LogP contribution in [0.4, 0.5) is 0 Å². The molecule has 0 saturated heterocycles. The molecule has 0 saturated carbocycles. The van der Waals surface area contributed by atoms with Crippen molar-refractivity contribution in [1.29, 1.82) is 0 Å². The van der Waals surface area contributed by atoms with Gasteiger partial charge in [0.2, 0.25) is 0 Å². The van der Waals surface area contributed by atoms with Gasteiger partial charge in [0.15, 0.2) is 17.5 Å². The van der Waals surface area contributed by atoms with Crippen LogP contribution >= 0.6 is 0 Å². The zero-order chi connectivity index (χ0) is 37.0. The van der Waals surface area contributed by atoms with Crippen molar-refractivity contribution in [3.05, 3.63) is 200 Å². The lowest BCUT2D eigenvalue weighted by molar-refractivity contribution is 1.07. The number of hydrogen-bond acceptors (Lipinski definition) is 3. The fourth-order valence-corrected chi connectivity index (χ4v) is 8.28. The van der Waals surface area contributed by atoms with E-state index in [4.69, 9.17) is 15.0 Å². The van der Waals surface area contributed by atoms with Gasteiger partial charge in [-0.3, -0.25) is 0 Å². The first-order valence-corrected chi connectivity index (χ1v) is 18.9. The second-order valence-electron chi connectivity index (χ2n) is 14.0. The Morgan fingerprint density at radius 3 is 1.21 bits per heavy atom. The molecule has 0 bridgehead atoms. The van der Waals surface area contributed by atoms with Crippen LogP contribution in [0, 0.1) is 0 Å². The average molecular weight is 716 g/mol. The molecule has 5 nitrogen and oxygen atoms in total. The zero-order valence-electron chi connectivity index (χ0n) is 30.3. The molecule has 0 aliphatic rings. The Hall–Kier alpha value is -7.63. The monoisotopic (exact) mass is 715 g/mol. The zero-order valence-corrected chi connectivity index (χ0v) is 30.3. The van der Waals surface area contributed by atoms with Gasteiger partial charge in [0.1, 0.15) is 0 Å². The second kappa shape index (κ2) is 13.0. The minimum absolute atomic E-state index is 0.621. The van der Waals surface area contributed by atoms with Crippen LogP contribution in [0.1, 0.15) is 0 Å². The summed E-state index contributed by atoms with van der Waals surface area (Å²) in [5, 5.41) is 4.84. The number of nitrogens with zero attached hydrogens (tertiary/aromatic N) is 5. The van der Waals surface area contributed by atoms with Crippen molar-refractivity contribution in [2.45, 2.75) is 0 Å². The van der Waals surface area contributed by atoms with Crippen LogP contribution in [0.5, 0.6) is 0 Å². The van der Waals surface area contributed by atoms with Gasteiger partial charge >= 0.3 is 0 Å². The molecular weight excluding hydrogens is 683 g/mol. The van der Waals surface area contributed by atoms with Crippen molar-refractivity contribution in [2.24, 2.45) is 0 Å². The Morgan fingerprint density at radius 1 is 0.286 bits per heavy atom. The first-order valence-electron chi connectivity index (χ1n) is 18.9. The Kier molecular flexibility index (Phi) is 7.42. The van der Waals surface area contributed by atoms with E-state index in [1.54, 1.807) is 0 Å². The molecule has 0 spiro atoms. The van der Waals surface area contributed by atoms with E-state index in [2.05, 4.69) is 149 Å². The molecule has 0 aliphatic heterocycles. The molecule has 3 heterocycles. The summed E-state index contributed by atoms with van der Waals surface area (Å²) in [5.41, 5.74) is 11.9. The number of hydrogen-bond donors (Lipinski definition) is 0. The third-order valence-electron chi connectivity index (χ3n) is 10.7. The minimum atomic E-state index is 0.621. The molecule has 56 heavy (non-hydrogen) atoms. The van der Waals surface area contributed by atoms with E-state index < -0.39 is 0 Å². The van der Waals surface area contributed by atoms with Crippen molar-refractivity contribution in [3.63, 3.8) is 0 Å². The molecule has 11 rings (SSSR count). The van der Waals surface area contributed by atoms with Gasteiger partial charge in [0.25, 0.3) is 0 Å². The Balaban J connectivity index is 1.24. The van der Waals surface area contributed by atoms with E-state index in [1.807, 2.05) is 60.7 Å². The Morgan fingerprint density at radius 2 is 0.679 bits per heavy atom. The third kappa shape index (κ3) is 5.13. The van der Waals surface area contributed by atoms with E-state index in [-0.39, 0.29) is 0 Å². The first kappa shape index (κ1) is 31.9. The lowest BCUT2D eigenvalue weighted by Gasteiger charge is -2.16. The first-order chi connectivity index (χ1) is 27.8. The van der Waals surface area contributed by atoms with E-state index >= 15 is 0 Å². The number of benzene rings is 8. The summed E-state index contributed by atoms with van der Waals surface area (Å²) in [6, 6.07) is 70.4. The molecule has 0 amide bonds. The summed E-state index contributed by atoms with van der Waals surface area (Å²) < 4.78 is 4.87. The van der Waals surface area contributed by atoms with Crippen LogP contribution in [0.2, 0.25) is 0 Å². The van der Waals surface area contributed by atoms with Crippen molar-refractivity contribution >= 4 is 43.6 Å². The van der Waals surface area contributed by atoms with Crippen molar-refractivity contribution < 1.29 is 0 Å². The van der Waals surface area contributed by atoms with Gasteiger partial charge in [-0.15, -0.1) is 0 Å².